The summed E-state index contributed by atoms with van der Waals surface area (Å²) in [6.45, 7) is 0. The number of carbonyl (C=O) groups excluding carboxylic acids is 2. The summed E-state index contributed by atoms with van der Waals surface area (Å²) in [6, 6.07) is 15.5. The number of hydrogen-bond donors (Lipinski definition) is 0. The molecule has 0 unspecified atom stereocenters. The Morgan fingerprint density at radius 1 is 0.889 bits per heavy atom. The fraction of sp³-hybridized carbons (Fsp3) is 0.0667. The van der Waals surface area contributed by atoms with Gasteiger partial charge in [0, 0.05) is 23.5 Å². The highest BCUT2D eigenvalue weighted by atomic mass is 16.4. The van der Waals surface area contributed by atoms with Crippen LogP contribution in [0, 0.1) is 0 Å². The van der Waals surface area contributed by atoms with E-state index in [1.54, 1.807) is 48.5 Å². The van der Waals surface area contributed by atoms with Crippen molar-refractivity contribution in [2.24, 2.45) is 0 Å². The number of rotatable bonds is 4. The lowest BCUT2D eigenvalue weighted by molar-refractivity contribution is -0.304. The third kappa shape index (κ3) is 2.83. The first kappa shape index (κ1) is 12.0. The molecule has 0 aromatic heterocycles. The molecule has 0 amide bonds. The molecule has 3 nitrogen and oxygen atoms in total. The minimum absolute atomic E-state index is 0.115. The summed E-state index contributed by atoms with van der Waals surface area (Å²) in [6.07, 6.45) is -0.185. The van der Waals surface area contributed by atoms with E-state index >= 15 is 0 Å². The molecule has 0 radical (unpaired) electrons. The summed E-state index contributed by atoms with van der Waals surface area (Å²) in [7, 11) is 0. The second kappa shape index (κ2) is 5.27. The first-order valence-corrected chi connectivity index (χ1v) is 5.55. The van der Waals surface area contributed by atoms with Crippen LogP contribution in [0.1, 0.15) is 21.5 Å². The van der Waals surface area contributed by atoms with E-state index in [2.05, 4.69) is 0 Å². The van der Waals surface area contributed by atoms with Gasteiger partial charge in [0.1, 0.15) is 0 Å². The molecular formula is C15H11O3-. The van der Waals surface area contributed by atoms with Crippen LogP contribution in [-0.4, -0.2) is 11.8 Å². The number of carbonyl (C=O) groups is 2. The van der Waals surface area contributed by atoms with Crippen molar-refractivity contribution >= 4 is 11.8 Å². The van der Waals surface area contributed by atoms with Crippen LogP contribution in [0.25, 0.3) is 0 Å². The van der Waals surface area contributed by atoms with Gasteiger partial charge in [-0.2, -0.15) is 0 Å². The molecule has 0 aliphatic carbocycles. The maximum Gasteiger partial charge on any atom is 0.193 e. The SMILES string of the molecule is O=C([O-])Cc1cccc(C(=O)c2ccccc2)c1. The van der Waals surface area contributed by atoms with Crippen LogP contribution in [0.3, 0.4) is 0 Å². The van der Waals surface area contributed by atoms with Gasteiger partial charge in [-0.25, -0.2) is 0 Å². The average Bonchev–Trinajstić information content (AvgIpc) is 2.38. The standard InChI is InChI=1S/C15H12O3/c16-14(17)10-11-5-4-8-13(9-11)15(18)12-6-2-1-3-7-12/h1-9H,10H2,(H,16,17)/p-1. The first-order valence-electron chi connectivity index (χ1n) is 5.55. The molecule has 0 atom stereocenters. The molecule has 0 aliphatic rings. The minimum Gasteiger partial charge on any atom is -0.550 e. The molecule has 2 aromatic rings. The molecule has 0 N–H and O–H groups in total. The number of benzene rings is 2. The van der Waals surface area contributed by atoms with Crippen LogP contribution in [0.2, 0.25) is 0 Å². The van der Waals surface area contributed by atoms with E-state index in [4.69, 9.17) is 0 Å². The fourth-order valence-corrected chi connectivity index (χ4v) is 1.75. The Kier molecular flexibility index (Phi) is 3.53. The van der Waals surface area contributed by atoms with Gasteiger partial charge in [-0.15, -0.1) is 0 Å². The van der Waals surface area contributed by atoms with E-state index < -0.39 is 5.97 Å². The number of carboxylic acids is 1. The maximum atomic E-state index is 12.1. The zero-order valence-electron chi connectivity index (χ0n) is 9.63. The van der Waals surface area contributed by atoms with Crippen LogP contribution in [0.15, 0.2) is 54.6 Å². The number of ketones is 1. The summed E-state index contributed by atoms with van der Waals surface area (Å²) < 4.78 is 0. The number of carboxylic acid groups (broad SMARTS) is 1. The second-order valence-corrected chi connectivity index (χ2v) is 3.94. The lowest BCUT2D eigenvalue weighted by Crippen LogP contribution is -2.24. The van der Waals surface area contributed by atoms with Gasteiger partial charge in [-0.3, -0.25) is 4.79 Å². The molecule has 0 saturated heterocycles. The van der Waals surface area contributed by atoms with E-state index in [0.29, 0.717) is 16.7 Å². The van der Waals surface area contributed by atoms with Crippen LogP contribution in [0.5, 0.6) is 0 Å². The van der Waals surface area contributed by atoms with Crippen molar-refractivity contribution in [3.05, 3.63) is 71.3 Å². The van der Waals surface area contributed by atoms with Gasteiger partial charge in [-0.05, 0) is 11.6 Å². The molecule has 0 bridgehead atoms. The average molecular weight is 239 g/mol. The molecule has 18 heavy (non-hydrogen) atoms. The van der Waals surface area contributed by atoms with Crippen LogP contribution < -0.4 is 5.11 Å². The summed E-state index contributed by atoms with van der Waals surface area (Å²) >= 11 is 0. The van der Waals surface area contributed by atoms with Gasteiger partial charge in [-0.1, -0.05) is 48.5 Å². The third-order valence-corrected chi connectivity index (χ3v) is 2.57. The molecule has 3 heteroatoms. The Morgan fingerprint density at radius 2 is 1.56 bits per heavy atom. The normalized spacial score (nSPS) is 10.0. The highest BCUT2D eigenvalue weighted by Crippen LogP contribution is 2.12. The Bertz CT molecular complexity index is 573. The Labute approximate surface area is 105 Å². The van der Waals surface area contributed by atoms with Gasteiger partial charge < -0.3 is 9.90 Å². The Morgan fingerprint density at radius 3 is 2.22 bits per heavy atom. The van der Waals surface area contributed by atoms with Crippen LogP contribution >= 0.6 is 0 Å². The van der Waals surface area contributed by atoms with Gasteiger partial charge in [0.05, 0.1) is 0 Å². The van der Waals surface area contributed by atoms with Crippen LogP contribution in [-0.2, 0) is 11.2 Å². The topological polar surface area (TPSA) is 57.2 Å². The van der Waals surface area contributed by atoms with Crippen molar-refractivity contribution in [1.29, 1.82) is 0 Å². The second-order valence-electron chi connectivity index (χ2n) is 3.94. The maximum absolute atomic E-state index is 12.1. The molecule has 0 fully saturated rings. The van der Waals surface area contributed by atoms with Gasteiger partial charge in [0.25, 0.3) is 0 Å². The van der Waals surface area contributed by atoms with E-state index in [9.17, 15) is 14.7 Å². The molecule has 0 heterocycles. The largest absolute Gasteiger partial charge is 0.550 e. The van der Waals surface area contributed by atoms with Gasteiger partial charge >= 0.3 is 0 Å². The van der Waals surface area contributed by atoms with E-state index in [-0.39, 0.29) is 12.2 Å². The fourth-order valence-electron chi connectivity index (χ4n) is 1.75. The van der Waals surface area contributed by atoms with Crippen molar-refractivity contribution < 1.29 is 14.7 Å². The quantitative estimate of drug-likeness (QED) is 0.753. The molecule has 0 aliphatic heterocycles. The highest BCUT2D eigenvalue weighted by molar-refractivity contribution is 6.09. The summed E-state index contributed by atoms with van der Waals surface area (Å²) in [5.74, 6) is -1.27. The Hall–Kier alpha value is -2.42. The van der Waals surface area contributed by atoms with Gasteiger partial charge in [0.15, 0.2) is 5.78 Å². The Balaban J connectivity index is 2.29. The number of hydrogen-bond acceptors (Lipinski definition) is 3. The zero-order valence-corrected chi connectivity index (χ0v) is 9.63. The van der Waals surface area contributed by atoms with E-state index in [1.807, 2.05) is 6.07 Å². The first-order chi connectivity index (χ1) is 8.66. The van der Waals surface area contributed by atoms with E-state index in [1.165, 1.54) is 0 Å². The number of aliphatic carboxylic acids is 1. The van der Waals surface area contributed by atoms with Crippen molar-refractivity contribution in [3.63, 3.8) is 0 Å². The molecule has 0 spiro atoms. The van der Waals surface area contributed by atoms with E-state index in [0.717, 1.165) is 0 Å². The zero-order chi connectivity index (χ0) is 13.0. The van der Waals surface area contributed by atoms with Crippen molar-refractivity contribution in [3.8, 4) is 0 Å². The lowest BCUT2D eigenvalue weighted by atomic mass is 10.0. The minimum atomic E-state index is -1.15. The van der Waals surface area contributed by atoms with Crippen LogP contribution in [0.4, 0.5) is 0 Å². The molecule has 90 valence electrons. The third-order valence-electron chi connectivity index (χ3n) is 2.57. The summed E-state index contributed by atoms with van der Waals surface area (Å²) in [5.41, 5.74) is 1.64. The van der Waals surface area contributed by atoms with Crippen molar-refractivity contribution in [1.82, 2.24) is 0 Å². The van der Waals surface area contributed by atoms with Crippen molar-refractivity contribution in [2.75, 3.05) is 0 Å². The van der Waals surface area contributed by atoms with Crippen molar-refractivity contribution in [2.45, 2.75) is 6.42 Å². The lowest BCUT2D eigenvalue weighted by Gasteiger charge is -2.05. The monoisotopic (exact) mass is 239 g/mol. The smallest absolute Gasteiger partial charge is 0.193 e. The van der Waals surface area contributed by atoms with Gasteiger partial charge in [0.2, 0.25) is 0 Å². The molecule has 2 aromatic carbocycles. The predicted octanol–water partition coefficient (Wildman–Crippen LogP) is 1.21. The molecule has 2 rings (SSSR count). The highest BCUT2D eigenvalue weighted by Gasteiger charge is 2.08. The molecule has 0 saturated carbocycles. The predicted molar refractivity (Wildman–Crippen MR) is 65.0 cm³/mol. The molecular weight excluding hydrogens is 228 g/mol. The summed E-state index contributed by atoms with van der Waals surface area (Å²) in [4.78, 5) is 22.6. The summed E-state index contributed by atoms with van der Waals surface area (Å²) in [5, 5.41) is 10.5.